The molecule has 1 unspecified atom stereocenters. The number of halogens is 1. The van der Waals surface area contributed by atoms with E-state index in [1.165, 1.54) is 24.3 Å². The highest BCUT2D eigenvalue weighted by Crippen LogP contribution is 2.17. The number of nitrogens with one attached hydrogen (secondary N) is 1. The average Bonchev–Trinajstić information content (AvgIpc) is 3.21. The minimum absolute atomic E-state index is 0.0480. The first-order chi connectivity index (χ1) is 14.0. The second kappa shape index (κ2) is 9.83. The number of carbonyl (C=O) groups excluding carboxylic acids is 2. The second-order valence-corrected chi connectivity index (χ2v) is 7.32. The smallest absolute Gasteiger partial charge is 0.319 e. The van der Waals surface area contributed by atoms with Gasteiger partial charge < -0.3 is 14.6 Å². The van der Waals surface area contributed by atoms with Gasteiger partial charge in [0.05, 0.1) is 5.75 Å². The summed E-state index contributed by atoms with van der Waals surface area (Å²) in [7, 11) is 0. The van der Waals surface area contributed by atoms with E-state index in [0.717, 1.165) is 17.3 Å². The number of anilines is 1. The molecule has 3 aromatic rings. The highest BCUT2D eigenvalue weighted by Gasteiger charge is 2.18. The van der Waals surface area contributed by atoms with Crippen LogP contribution in [0, 0.1) is 5.82 Å². The predicted octanol–water partition coefficient (Wildman–Crippen LogP) is 3.68. The molecule has 1 amide bonds. The van der Waals surface area contributed by atoms with E-state index >= 15 is 0 Å². The minimum atomic E-state index is -0.564. The molecule has 0 spiro atoms. The number of aromatic nitrogens is 2. The summed E-state index contributed by atoms with van der Waals surface area (Å²) in [5.41, 5.74) is 1.28. The fourth-order valence-electron chi connectivity index (χ4n) is 2.27. The zero-order valence-electron chi connectivity index (χ0n) is 15.5. The van der Waals surface area contributed by atoms with Gasteiger partial charge >= 0.3 is 5.97 Å². The zero-order valence-corrected chi connectivity index (χ0v) is 16.3. The number of hydrogen-bond acceptors (Lipinski definition) is 7. The maximum atomic E-state index is 12.9. The van der Waals surface area contributed by atoms with E-state index in [0.29, 0.717) is 11.5 Å². The van der Waals surface area contributed by atoms with Crippen molar-refractivity contribution >= 4 is 29.3 Å². The molecule has 0 aliphatic rings. The average molecular weight is 415 g/mol. The number of ether oxygens (including phenoxy) is 1. The monoisotopic (exact) mass is 415 g/mol. The van der Waals surface area contributed by atoms with Crippen LogP contribution in [0.4, 0.5) is 10.1 Å². The lowest BCUT2D eigenvalue weighted by Crippen LogP contribution is -2.21. The first-order valence-corrected chi connectivity index (χ1v) is 9.78. The van der Waals surface area contributed by atoms with Gasteiger partial charge in [0.2, 0.25) is 11.7 Å². The Kier molecular flexibility index (Phi) is 6.96. The van der Waals surface area contributed by atoms with E-state index < -0.39 is 11.2 Å². The van der Waals surface area contributed by atoms with E-state index in [4.69, 9.17) is 9.26 Å². The molecule has 1 heterocycles. The Bertz CT molecular complexity index is 963. The van der Waals surface area contributed by atoms with Gasteiger partial charge in [0, 0.05) is 11.3 Å². The number of thioether (sulfide) groups is 1. The maximum Gasteiger partial charge on any atom is 0.319 e. The molecular formula is C20H18FN3O4S. The molecule has 1 atom stereocenters. The van der Waals surface area contributed by atoms with Crippen molar-refractivity contribution in [3.8, 4) is 11.4 Å². The number of hydrogen-bond donors (Lipinski definition) is 1. The van der Waals surface area contributed by atoms with Crippen LogP contribution in [-0.4, -0.2) is 33.0 Å². The minimum Gasteiger partial charge on any atom is -0.455 e. The number of benzene rings is 2. The standard InChI is InChI=1S/C20H18FN3O4S/c1-13(29-12-17(25)22-16-9-7-15(21)8-10-16)20(26)27-11-18-23-19(24-28-18)14-5-3-2-4-6-14/h2-10,13H,11-12H2,1H3,(H,22,25). The van der Waals surface area contributed by atoms with E-state index in [2.05, 4.69) is 15.5 Å². The van der Waals surface area contributed by atoms with Gasteiger partial charge in [-0.05, 0) is 31.2 Å². The van der Waals surface area contributed by atoms with E-state index in [-0.39, 0.29) is 30.0 Å². The van der Waals surface area contributed by atoms with Gasteiger partial charge in [-0.15, -0.1) is 11.8 Å². The lowest BCUT2D eigenvalue weighted by Gasteiger charge is -2.10. The van der Waals surface area contributed by atoms with Crippen LogP contribution in [0.1, 0.15) is 12.8 Å². The molecular weight excluding hydrogens is 397 g/mol. The molecule has 7 nitrogen and oxygen atoms in total. The van der Waals surface area contributed by atoms with Crippen molar-refractivity contribution in [2.24, 2.45) is 0 Å². The highest BCUT2D eigenvalue weighted by atomic mass is 32.2. The van der Waals surface area contributed by atoms with E-state index in [1.54, 1.807) is 6.92 Å². The molecule has 9 heteroatoms. The van der Waals surface area contributed by atoms with Crippen LogP contribution in [0.15, 0.2) is 59.1 Å². The van der Waals surface area contributed by atoms with Crippen LogP contribution in [0.2, 0.25) is 0 Å². The summed E-state index contributed by atoms with van der Waals surface area (Å²) in [4.78, 5) is 28.2. The van der Waals surface area contributed by atoms with Gasteiger partial charge in [0.15, 0.2) is 6.61 Å². The number of carbonyl (C=O) groups is 2. The lowest BCUT2D eigenvalue weighted by molar-refractivity contribution is -0.144. The van der Waals surface area contributed by atoms with Crippen molar-refractivity contribution in [3.05, 3.63) is 66.3 Å². The van der Waals surface area contributed by atoms with E-state index in [9.17, 15) is 14.0 Å². The Hall–Kier alpha value is -3.20. The fourth-order valence-corrected chi connectivity index (χ4v) is 2.94. The SMILES string of the molecule is CC(SCC(=O)Nc1ccc(F)cc1)C(=O)OCc1nc(-c2ccccc2)no1. The number of amides is 1. The van der Waals surface area contributed by atoms with Gasteiger partial charge in [0.1, 0.15) is 11.1 Å². The molecule has 3 rings (SSSR count). The summed E-state index contributed by atoms with van der Waals surface area (Å²) in [6.45, 7) is 1.49. The summed E-state index contributed by atoms with van der Waals surface area (Å²) in [5.74, 6) is -0.535. The van der Waals surface area contributed by atoms with Gasteiger partial charge in [-0.2, -0.15) is 4.98 Å². The molecule has 29 heavy (non-hydrogen) atoms. The van der Waals surface area contributed by atoms with Crippen LogP contribution < -0.4 is 5.32 Å². The van der Waals surface area contributed by atoms with Crippen molar-refractivity contribution < 1.29 is 23.2 Å². The number of rotatable bonds is 8. The second-order valence-electron chi connectivity index (χ2n) is 5.99. The quantitative estimate of drug-likeness (QED) is 0.561. The van der Waals surface area contributed by atoms with Crippen LogP contribution >= 0.6 is 11.8 Å². The summed E-state index contributed by atoms with van der Waals surface area (Å²) in [6.07, 6.45) is 0. The summed E-state index contributed by atoms with van der Waals surface area (Å²) < 4.78 is 23.1. The van der Waals surface area contributed by atoms with Gasteiger partial charge in [-0.1, -0.05) is 35.5 Å². The zero-order chi connectivity index (χ0) is 20.6. The Labute approximate surface area is 170 Å². The molecule has 0 saturated carbocycles. The molecule has 1 N–H and O–H groups in total. The molecule has 0 aliphatic heterocycles. The van der Waals surface area contributed by atoms with Crippen LogP contribution in [0.25, 0.3) is 11.4 Å². The molecule has 150 valence electrons. The summed E-state index contributed by atoms with van der Waals surface area (Å²) >= 11 is 1.12. The molecule has 0 bridgehead atoms. The third-order valence-corrected chi connectivity index (χ3v) is 4.88. The Morgan fingerprint density at radius 2 is 1.90 bits per heavy atom. The number of esters is 1. The normalized spacial score (nSPS) is 11.7. The Balaban J connectivity index is 1.42. The molecule has 0 fully saturated rings. The van der Waals surface area contributed by atoms with Crippen LogP contribution in [-0.2, 0) is 20.9 Å². The van der Waals surface area contributed by atoms with Crippen molar-refractivity contribution in [2.45, 2.75) is 18.8 Å². The van der Waals surface area contributed by atoms with Crippen molar-refractivity contribution in [3.63, 3.8) is 0 Å². The van der Waals surface area contributed by atoms with Crippen LogP contribution in [0.3, 0.4) is 0 Å². The van der Waals surface area contributed by atoms with Gasteiger partial charge in [-0.25, -0.2) is 4.39 Å². The first kappa shape index (κ1) is 20.5. The topological polar surface area (TPSA) is 94.3 Å². The third-order valence-electron chi connectivity index (χ3n) is 3.76. The molecule has 0 saturated heterocycles. The van der Waals surface area contributed by atoms with Crippen LogP contribution in [0.5, 0.6) is 0 Å². The van der Waals surface area contributed by atoms with Gasteiger partial charge in [-0.3, -0.25) is 9.59 Å². The Morgan fingerprint density at radius 1 is 1.17 bits per heavy atom. The molecule has 0 aliphatic carbocycles. The molecule has 2 aromatic carbocycles. The summed E-state index contributed by atoms with van der Waals surface area (Å²) in [5, 5.41) is 5.92. The fraction of sp³-hybridized carbons (Fsp3) is 0.200. The largest absolute Gasteiger partial charge is 0.455 e. The number of nitrogens with zero attached hydrogens (tertiary/aromatic N) is 2. The van der Waals surface area contributed by atoms with Crippen molar-refractivity contribution in [1.29, 1.82) is 0 Å². The Morgan fingerprint density at radius 3 is 2.62 bits per heavy atom. The molecule has 0 radical (unpaired) electrons. The predicted molar refractivity (Wildman–Crippen MR) is 106 cm³/mol. The summed E-state index contributed by atoms with van der Waals surface area (Å²) in [6, 6.07) is 14.7. The van der Waals surface area contributed by atoms with Crippen molar-refractivity contribution in [1.82, 2.24) is 10.1 Å². The first-order valence-electron chi connectivity index (χ1n) is 8.73. The molecule has 1 aromatic heterocycles. The van der Waals surface area contributed by atoms with E-state index in [1.807, 2.05) is 30.3 Å². The third kappa shape index (κ3) is 6.15. The van der Waals surface area contributed by atoms with Gasteiger partial charge in [0.25, 0.3) is 5.89 Å². The maximum absolute atomic E-state index is 12.9. The lowest BCUT2D eigenvalue weighted by atomic mass is 10.2. The highest BCUT2D eigenvalue weighted by molar-refractivity contribution is 8.01. The van der Waals surface area contributed by atoms with Crippen molar-refractivity contribution in [2.75, 3.05) is 11.1 Å².